The molecular formula is C16H19N3O6S. The van der Waals surface area contributed by atoms with Crippen LogP contribution in [0.5, 0.6) is 0 Å². The molecular weight excluding hydrogens is 362 g/mol. The number of nitrogens with zero attached hydrogens (tertiary/aromatic N) is 1. The van der Waals surface area contributed by atoms with Gasteiger partial charge in [0.05, 0.1) is 18.1 Å². The Morgan fingerprint density at radius 3 is 2.42 bits per heavy atom. The zero-order valence-corrected chi connectivity index (χ0v) is 14.8. The van der Waals surface area contributed by atoms with Crippen LogP contribution in [0.25, 0.3) is 0 Å². The number of imide groups is 1. The zero-order chi connectivity index (χ0) is 18.7. The molecule has 0 bridgehead atoms. The number of amides is 3. The average molecular weight is 381 g/mol. The Morgan fingerprint density at radius 1 is 1.15 bits per heavy atom. The Bertz CT molecular complexity index is 815. The molecule has 1 atom stereocenters. The highest BCUT2D eigenvalue weighted by atomic mass is 32.2. The van der Waals surface area contributed by atoms with Crippen LogP contribution in [-0.2, 0) is 24.3 Å². The number of hydrogen-bond acceptors (Lipinski definition) is 6. The first kappa shape index (κ1) is 18.5. The summed E-state index contributed by atoms with van der Waals surface area (Å²) in [5.41, 5.74) is 0.232. The molecule has 140 valence electrons. The van der Waals surface area contributed by atoms with E-state index in [0.29, 0.717) is 26.3 Å². The number of benzene rings is 1. The van der Waals surface area contributed by atoms with Gasteiger partial charge in [-0.3, -0.25) is 19.7 Å². The number of carbonyl (C=O) groups excluding carboxylic acids is 3. The van der Waals surface area contributed by atoms with Gasteiger partial charge in [-0.25, -0.2) is 8.42 Å². The van der Waals surface area contributed by atoms with E-state index in [0.717, 1.165) is 0 Å². The van der Waals surface area contributed by atoms with Crippen molar-refractivity contribution < 1.29 is 27.5 Å². The van der Waals surface area contributed by atoms with Gasteiger partial charge in [0.25, 0.3) is 5.91 Å². The van der Waals surface area contributed by atoms with Crippen LogP contribution in [0.1, 0.15) is 23.2 Å². The van der Waals surface area contributed by atoms with Crippen molar-refractivity contribution in [1.29, 1.82) is 0 Å². The summed E-state index contributed by atoms with van der Waals surface area (Å²) in [5.74, 6) is -1.41. The van der Waals surface area contributed by atoms with Crippen LogP contribution in [0.4, 0.5) is 0 Å². The van der Waals surface area contributed by atoms with Crippen molar-refractivity contribution in [1.82, 2.24) is 14.9 Å². The van der Waals surface area contributed by atoms with Gasteiger partial charge in [0.1, 0.15) is 6.04 Å². The van der Waals surface area contributed by atoms with E-state index in [9.17, 15) is 22.8 Å². The molecule has 9 nitrogen and oxygen atoms in total. The van der Waals surface area contributed by atoms with Crippen LogP contribution < -0.4 is 10.6 Å². The van der Waals surface area contributed by atoms with Crippen LogP contribution in [0, 0.1) is 0 Å². The maximum absolute atomic E-state index is 12.5. The highest BCUT2D eigenvalue weighted by molar-refractivity contribution is 7.89. The molecule has 3 amide bonds. The summed E-state index contributed by atoms with van der Waals surface area (Å²) in [5, 5.41) is 4.71. The maximum Gasteiger partial charge on any atom is 0.251 e. The fourth-order valence-corrected chi connectivity index (χ4v) is 4.20. The molecule has 1 unspecified atom stereocenters. The van der Waals surface area contributed by atoms with E-state index in [1.54, 1.807) is 0 Å². The Balaban J connectivity index is 1.68. The lowest BCUT2D eigenvalue weighted by molar-refractivity contribution is -0.134. The summed E-state index contributed by atoms with van der Waals surface area (Å²) >= 11 is 0. The number of hydrogen-bond donors (Lipinski definition) is 2. The van der Waals surface area contributed by atoms with Crippen LogP contribution in [0.15, 0.2) is 29.2 Å². The highest BCUT2D eigenvalue weighted by Gasteiger charge is 2.29. The average Bonchev–Trinajstić information content (AvgIpc) is 2.65. The summed E-state index contributed by atoms with van der Waals surface area (Å²) < 4.78 is 31.6. The van der Waals surface area contributed by atoms with Crippen molar-refractivity contribution in [2.45, 2.75) is 23.8 Å². The van der Waals surface area contributed by atoms with Crippen molar-refractivity contribution in [2.24, 2.45) is 0 Å². The number of sulfonamides is 1. The number of carbonyl (C=O) groups is 3. The first-order valence-corrected chi connectivity index (χ1v) is 9.64. The standard InChI is InChI=1S/C16H19N3O6S/c20-14-6-5-13(16(22)18-14)17-15(21)11-1-3-12(4-2-11)26(23,24)19-7-9-25-10-8-19/h1-4,13H,5-10H2,(H,17,21)(H,18,20,22). The predicted octanol–water partition coefficient (Wildman–Crippen LogP) is -0.757. The van der Waals surface area contributed by atoms with Crippen molar-refractivity contribution in [3.8, 4) is 0 Å². The monoisotopic (exact) mass is 381 g/mol. The minimum Gasteiger partial charge on any atom is -0.379 e. The van der Waals surface area contributed by atoms with Crippen molar-refractivity contribution in [2.75, 3.05) is 26.3 Å². The topological polar surface area (TPSA) is 122 Å². The second-order valence-corrected chi connectivity index (χ2v) is 7.96. The second-order valence-electron chi connectivity index (χ2n) is 6.02. The molecule has 10 heteroatoms. The first-order valence-electron chi connectivity index (χ1n) is 8.20. The van der Waals surface area contributed by atoms with Gasteiger partial charge in [0.2, 0.25) is 21.8 Å². The molecule has 3 rings (SSSR count). The summed E-state index contributed by atoms with van der Waals surface area (Å²) in [4.78, 5) is 35.2. The maximum atomic E-state index is 12.5. The molecule has 2 N–H and O–H groups in total. The number of ether oxygens (including phenoxy) is 1. The summed E-state index contributed by atoms with van der Waals surface area (Å²) in [6.07, 6.45) is 0.396. The third-order valence-corrected chi connectivity index (χ3v) is 6.18. The van der Waals surface area contributed by atoms with E-state index >= 15 is 0 Å². The van der Waals surface area contributed by atoms with Crippen LogP contribution in [0.2, 0.25) is 0 Å². The molecule has 0 aliphatic carbocycles. The van der Waals surface area contributed by atoms with E-state index in [-0.39, 0.29) is 29.2 Å². The fourth-order valence-electron chi connectivity index (χ4n) is 2.79. The predicted molar refractivity (Wildman–Crippen MR) is 89.7 cm³/mol. The van der Waals surface area contributed by atoms with Gasteiger partial charge in [0.15, 0.2) is 0 Å². The number of morpholine rings is 1. The van der Waals surface area contributed by atoms with Gasteiger partial charge in [-0.1, -0.05) is 0 Å². The molecule has 0 saturated carbocycles. The molecule has 2 aliphatic heterocycles. The first-order chi connectivity index (χ1) is 12.4. The lowest BCUT2D eigenvalue weighted by Gasteiger charge is -2.26. The molecule has 2 heterocycles. The van der Waals surface area contributed by atoms with E-state index < -0.39 is 27.9 Å². The summed E-state index contributed by atoms with van der Waals surface area (Å²) in [6.45, 7) is 1.29. The highest BCUT2D eigenvalue weighted by Crippen LogP contribution is 2.18. The Hall–Kier alpha value is -2.30. The third kappa shape index (κ3) is 3.92. The molecule has 2 saturated heterocycles. The Kier molecular flexibility index (Phi) is 5.35. The number of piperidine rings is 1. The number of nitrogens with one attached hydrogen (secondary N) is 2. The Labute approximate surface area is 150 Å². The van der Waals surface area contributed by atoms with Crippen LogP contribution >= 0.6 is 0 Å². The van der Waals surface area contributed by atoms with Gasteiger partial charge < -0.3 is 10.1 Å². The van der Waals surface area contributed by atoms with Crippen molar-refractivity contribution in [3.05, 3.63) is 29.8 Å². The normalized spacial score (nSPS) is 21.9. The van der Waals surface area contributed by atoms with E-state index in [1.807, 2.05) is 0 Å². The Morgan fingerprint density at radius 2 is 1.81 bits per heavy atom. The second kappa shape index (κ2) is 7.52. The van der Waals surface area contributed by atoms with Gasteiger partial charge in [-0.2, -0.15) is 4.31 Å². The molecule has 1 aromatic carbocycles. The molecule has 1 aromatic rings. The molecule has 26 heavy (non-hydrogen) atoms. The SMILES string of the molecule is O=C1CCC(NC(=O)c2ccc(S(=O)(=O)N3CCOCC3)cc2)C(=O)N1. The van der Waals surface area contributed by atoms with Crippen molar-refractivity contribution >= 4 is 27.7 Å². The zero-order valence-electron chi connectivity index (χ0n) is 13.9. The molecule has 2 fully saturated rings. The minimum atomic E-state index is -3.63. The van der Waals surface area contributed by atoms with Gasteiger partial charge in [0, 0.05) is 25.1 Å². The fraction of sp³-hybridized carbons (Fsp3) is 0.438. The van der Waals surface area contributed by atoms with Crippen molar-refractivity contribution in [3.63, 3.8) is 0 Å². The van der Waals surface area contributed by atoms with Gasteiger partial charge in [-0.05, 0) is 30.7 Å². The summed E-state index contributed by atoms with van der Waals surface area (Å²) in [7, 11) is -3.63. The smallest absolute Gasteiger partial charge is 0.251 e. The van der Waals surface area contributed by atoms with E-state index in [2.05, 4.69) is 10.6 Å². The lowest BCUT2D eigenvalue weighted by Crippen LogP contribution is -2.52. The van der Waals surface area contributed by atoms with Crippen LogP contribution in [-0.4, -0.2) is 62.8 Å². The minimum absolute atomic E-state index is 0.0944. The van der Waals surface area contributed by atoms with Gasteiger partial charge in [-0.15, -0.1) is 0 Å². The van der Waals surface area contributed by atoms with Crippen LogP contribution in [0.3, 0.4) is 0 Å². The lowest BCUT2D eigenvalue weighted by atomic mass is 10.1. The van der Waals surface area contributed by atoms with Gasteiger partial charge >= 0.3 is 0 Å². The molecule has 0 spiro atoms. The summed E-state index contributed by atoms with van der Waals surface area (Å²) in [6, 6.07) is 4.74. The molecule has 0 radical (unpaired) electrons. The quantitative estimate of drug-likeness (QED) is 0.662. The largest absolute Gasteiger partial charge is 0.379 e. The van der Waals surface area contributed by atoms with E-state index in [4.69, 9.17) is 4.74 Å². The van der Waals surface area contributed by atoms with E-state index in [1.165, 1.54) is 28.6 Å². The number of rotatable bonds is 4. The molecule has 2 aliphatic rings. The molecule has 0 aromatic heterocycles. The third-order valence-electron chi connectivity index (χ3n) is 4.27.